The normalized spacial score (nSPS) is 23.3. The van der Waals surface area contributed by atoms with Gasteiger partial charge >= 0.3 is 0 Å². The van der Waals surface area contributed by atoms with Gasteiger partial charge in [0.2, 0.25) is 10.0 Å². The fourth-order valence-corrected chi connectivity index (χ4v) is 4.44. The Labute approximate surface area is 121 Å². The van der Waals surface area contributed by atoms with Crippen LogP contribution in [-0.4, -0.2) is 27.5 Å². The molecule has 0 amide bonds. The van der Waals surface area contributed by atoms with Crippen LogP contribution in [-0.2, 0) is 22.9 Å². The van der Waals surface area contributed by atoms with Gasteiger partial charge in [-0.3, -0.25) is 0 Å². The van der Waals surface area contributed by atoms with Crippen molar-refractivity contribution in [2.45, 2.75) is 49.5 Å². The summed E-state index contributed by atoms with van der Waals surface area (Å²) >= 11 is 0. The zero-order valence-corrected chi connectivity index (χ0v) is 12.5. The Morgan fingerprint density at radius 2 is 1.90 bits per heavy atom. The van der Waals surface area contributed by atoms with E-state index >= 15 is 0 Å². The summed E-state index contributed by atoms with van der Waals surface area (Å²) in [6.07, 6.45) is 6.40. The Hall–Kier alpha value is -0.910. The molecular formula is C15H22N2O2S. The van der Waals surface area contributed by atoms with Crippen molar-refractivity contribution in [3.05, 3.63) is 29.3 Å². The van der Waals surface area contributed by atoms with Crippen molar-refractivity contribution in [1.82, 2.24) is 10.0 Å². The number of benzene rings is 1. The van der Waals surface area contributed by atoms with Crippen molar-refractivity contribution in [1.29, 1.82) is 0 Å². The summed E-state index contributed by atoms with van der Waals surface area (Å²) in [4.78, 5) is 0.420. The van der Waals surface area contributed by atoms with Crippen LogP contribution in [0.4, 0.5) is 0 Å². The van der Waals surface area contributed by atoms with Gasteiger partial charge in [0, 0.05) is 12.6 Å². The van der Waals surface area contributed by atoms with Gasteiger partial charge in [0.15, 0.2) is 0 Å². The molecule has 2 aliphatic rings. The molecule has 1 fully saturated rings. The molecule has 4 nitrogen and oxygen atoms in total. The number of hydrogen-bond acceptors (Lipinski definition) is 3. The van der Waals surface area contributed by atoms with Crippen LogP contribution in [0.1, 0.15) is 36.8 Å². The molecule has 1 aliphatic heterocycles. The molecule has 0 saturated carbocycles. The number of sulfonamides is 1. The van der Waals surface area contributed by atoms with Crippen LogP contribution >= 0.6 is 0 Å². The summed E-state index contributed by atoms with van der Waals surface area (Å²) in [6.45, 7) is 1.71. The molecule has 1 aliphatic carbocycles. The van der Waals surface area contributed by atoms with Gasteiger partial charge in [0.05, 0.1) is 4.90 Å². The fourth-order valence-electron chi connectivity index (χ4n) is 3.12. The molecule has 1 aromatic rings. The predicted molar refractivity (Wildman–Crippen MR) is 79.3 cm³/mol. The molecule has 0 spiro atoms. The van der Waals surface area contributed by atoms with Crippen LogP contribution in [0.3, 0.4) is 0 Å². The molecule has 3 rings (SSSR count). The van der Waals surface area contributed by atoms with Crippen molar-refractivity contribution in [2.75, 3.05) is 13.1 Å². The topological polar surface area (TPSA) is 58.2 Å². The first-order chi connectivity index (χ1) is 9.65. The molecular weight excluding hydrogens is 272 g/mol. The summed E-state index contributed by atoms with van der Waals surface area (Å²) in [6, 6.07) is 5.63. The van der Waals surface area contributed by atoms with Crippen molar-refractivity contribution >= 4 is 10.0 Å². The van der Waals surface area contributed by atoms with Gasteiger partial charge in [-0.2, -0.15) is 0 Å². The second-order valence-corrected chi connectivity index (χ2v) is 7.52. The van der Waals surface area contributed by atoms with Crippen LogP contribution in [0.25, 0.3) is 0 Å². The molecule has 0 bridgehead atoms. The minimum absolute atomic E-state index is 0.0183. The summed E-state index contributed by atoms with van der Waals surface area (Å²) in [5, 5.41) is 3.23. The van der Waals surface area contributed by atoms with E-state index in [9.17, 15) is 8.42 Å². The molecule has 0 aromatic heterocycles. The smallest absolute Gasteiger partial charge is 0.240 e. The van der Waals surface area contributed by atoms with Gasteiger partial charge in [-0.1, -0.05) is 6.07 Å². The van der Waals surface area contributed by atoms with Gasteiger partial charge in [-0.15, -0.1) is 0 Å². The van der Waals surface area contributed by atoms with Gasteiger partial charge in [0.1, 0.15) is 0 Å². The number of aryl methyl sites for hydroxylation is 2. The Bertz CT molecular complexity index is 578. The largest absolute Gasteiger partial charge is 0.315 e. The van der Waals surface area contributed by atoms with E-state index in [-0.39, 0.29) is 6.04 Å². The summed E-state index contributed by atoms with van der Waals surface area (Å²) in [5.74, 6) is 0. The number of hydrogen-bond donors (Lipinski definition) is 2. The van der Waals surface area contributed by atoms with E-state index in [4.69, 9.17) is 0 Å². The highest BCUT2D eigenvalue weighted by Gasteiger charge is 2.22. The minimum Gasteiger partial charge on any atom is -0.315 e. The third-order valence-electron chi connectivity index (χ3n) is 4.25. The van der Waals surface area contributed by atoms with E-state index in [0.29, 0.717) is 4.90 Å². The second-order valence-electron chi connectivity index (χ2n) is 5.80. The maximum absolute atomic E-state index is 12.4. The van der Waals surface area contributed by atoms with E-state index in [1.54, 1.807) is 6.07 Å². The Morgan fingerprint density at radius 3 is 2.65 bits per heavy atom. The Balaban J connectivity index is 1.79. The van der Waals surface area contributed by atoms with Gasteiger partial charge in [-0.25, -0.2) is 13.1 Å². The quantitative estimate of drug-likeness (QED) is 0.890. The molecule has 20 heavy (non-hydrogen) atoms. The van der Waals surface area contributed by atoms with Gasteiger partial charge in [0.25, 0.3) is 0 Å². The molecule has 1 atom stereocenters. The molecule has 1 saturated heterocycles. The summed E-state index contributed by atoms with van der Waals surface area (Å²) < 4.78 is 27.7. The molecule has 0 radical (unpaired) electrons. The van der Waals surface area contributed by atoms with Crippen LogP contribution in [0.15, 0.2) is 23.1 Å². The lowest BCUT2D eigenvalue weighted by Gasteiger charge is -2.24. The van der Waals surface area contributed by atoms with Gasteiger partial charge < -0.3 is 5.32 Å². The standard InChI is InChI=1S/C15H22N2O2S/c18-20(19,17-14-6-3-9-16-11-14)15-8-7-12-4-1-2-5-13(12)10-15/h7-8,10,14,16-17H,1-6,9,11H2/t14-/m1/s1. The lowest BCUT2D eigenvalue weighted by atomic mass is 9.92. The Morgan fingerprint density at radius 1 is 1.10 bits per heavy atom. The highest BCUT2D eigenvalue weighted by Crippen LogP contribution is 2.24. The molecule has 2 N–H and O–H groups in total. The lowest BCUT2D eigenvalue weighted by molar-refractivity contribution is 0.428. The average Bonchev–Trinajstić information content (AvgIpc) is 2.47. The zero-order valence-electron chi connectivity index (χ0n) is 11.7. The number of rotatable bonds is 3. The van der Waals surface area contributed by atoms with Crippen molar-refractivity contribution < 1.29 is 8.42 Å². The van der Waals surface area contributed by atoms with E-state index in [0.717, 1.165) is 45.2 Å². The molecule has 5 heteroatoms. The second kappa shape index (κ2) is 5.84. The first-order valence-corrected chi connectivity index (χ1v) is 8.98. The number of nitrogens with one attached hydrogen (secondary N) is 2. The van der Waals surface area contributed by atoms with E-state index < -0.39 is 10.0 Å². The summed E-state index contributed by atoms with van der Waals surface area (Å²) in [7, 11) is -3.38. The third kappa shape index (κ3) is 3.05. The van der Waals surface area contributed by atoms with Crippen molar-refractivity contribution in [3.63, 3.8) is 0 Å². The fraction of sp³-hybridized carbons (Fsp3) is 0.600. The van der Waals surface area contributed by atoms with Crippen LogP contribution in [0.2, 0.25) is 0 Å². The maximum Gasteiger partial charge on any atom is 0.240 e. The first-order valence-electron chi connectivity index (χ1n) is 7.50. The minimum atomic E-state index is -3.38. The highest BCUT2D eigenvalue weighted by molar-refractivity contribution is 7.89. The first kappa shape index (κ1) is 14.0. The van der Waals surface area contributed by atoms with Crippen LogP contribution in [0, 0.1) is 0 Å². The number of fused-ring (bicyclic) bond motifs is 1. The van der Waals surface area contributed by atoms with Crippen LogP contribution in [0.5, 0.6) is 0 Å². The predicted octanol–water partition coefficient (Wildman–Crippen LogP) is 1.60. The SMILES string of the molecule is O=S(=O)(N[C@@H]1CCCNC1)c1ccc2c(c1)CCCC2. The Kier molecular flexibility index (Phi) is 4.10. The lowest BCUT2D eigenvalue weighted by Crippen LogP contribution is -2.45. The third-order valence-corrected chi connectivity index (χ3v) is 5.77. The molecule has 1 aromatic carbocycles. The van der Waals surface area contributed by atoms with Crippen molar-refractivity contribution in [2.24, 2.45) is 0 Å². The van der Waals surface area contributed by atoms with E-state index in [1.807, 2.05) is 12.1 Å². The van der Waals surface area contributed by atoms with Crippen LogP contribution < -0.4 is 10.0 Å². The van der Waals surface area contributed by atoms with Gasteiger partial charge in [-0.05, 0) is 68.3 Å². The molecule has 110 valence electrons. The zero-order chi connectivity index (χ0) is 14.0. The monoisotopic (exact) mass is 294 g/mol. The summed E-state index contributed by atoms with van der Waals surface area (Å²) in [5.41, 5.74) is 2.52. The molecule has 1 heterocycles. The maximum atomic E-state index is 12.4. The van der Waals surface area contributed by atoms with E-state index in [2.05, 4.69) is 10.0 Å². The van der Waals surface area contributed by atoms with E-state index in [1.165, 1.54) is 17.5 Å². The van der Waals surface area contributed by atoms with Crippen molar-refractivity contribution in [3.8, 4) is 0 Å². The average molecular weight is 294 g/mol. The molecule has 0 unspecified atom stereocenters. The number of piperidine rings is 1. The highest BCUT2D eigenvalue weighted by atomic mass is 32.2.